The van der Waals surface area contributed by atoms with E-state index in [0.29, 0.717) is 18.4 Å². The fraction of sp³-hybridized carbons (Fsp3) is 0.667. The average Bonchev–Trinajstić information content (AvgIpc) is 2.94. The number of ether oxygens (including phenoxy) is 2. The van der Waals surface area contributed by atoms with E-state index < -0.39 is 53.3 Å². The summed E-state index contributed by atoms with van der Waals surface area (Å²) in [5.41, 5.74) is 0.558. The SMILES string of the molecule is CC1CC(O)C(OC2OC(C(O)c3ccccc3)CC(O)C2OS(=O)(=O)O)C1. The minimum absolute atomic E-state index is 0.139. The van der Waals surface area contributed by atoms with Crippen LogP contribution in [-0.4, -0.2) is 65.1 Å². The van der Waals surface area contributed by atoms with E-state index in [1.807, 2.05) is 6.92 Å². The van der Waals surface area contributed by atoms with Gasteiger partial charge < -0.3 is 24.8 Å². The second-order valence-electron chi connectivity index (χ2n) is 7.51. The summed E-state index contributed by atoms with van der Waals surface area (Å²) in [5.74, 6) is 0.195. The van der Waals surface area contributed by atoms with Crippen molar-refractivity contribution in [1.82, 2.24) is 0 Å². The minimum Gasteiger partial charge on any atom is -0.390 e. The maximum Gasteiger partial charge on any atom is 0.397 e. The van der Waals surface area contributed by atoms with Crippen molar-refractivity contribution in [2.75, 3.05) is 0 Å². The highest BCUT2D eigenvalue weighted by Crippen LogP contribution is 2.35. The molecular formula is C18H26O9S. The zero-order valence-electron chi connectivity index (χ0n) is 15.4. The first-order chi connectivity index (χ1) is 13.1. The van der Waals surface area contributed by atoms with Gasteiger partial charge in [-0.3, -0.25) is 4.55 Å². The molecule has 0 amide bonds. The second kappa shape index (κ2) is 8.72. The molecule has 1 aromatic rings. The molecular weight excluding hydrogens is 392 g/mol. The van der Waals surface area contributed by atoms with Crippen LogP contribution < -0.4 is 0 Å². The maximum atomic E-state index is 11.2. The van der Waals surface area contributed by atoms with Crippen LogP contribution in [0.4, 0.5) is 0 Å². The number of aliphatic hydroxyl groups is 3. The van der Waals surface area contributed by atoms with Crippen LogP contribution in [0.3, 0.4) is 0 Å². The first-order valence-corrected chi connectivity index (χ1v) is 10.6. The Morgan fingerprint density at radius 3 is 2.36 bits per heavy atom. The first kappa shape index (κ1) is 21.6. The van der Waals surface area contributed by atoms with Crippen LogP contribution >= 0.6 is 0 Å². The fourth-order valence-electron chi connectivity index (χ4n) is 3.82. The molecule has 1 aliphatic carbocycles. The van der Waals surface area contributed by atoms with Gasteiger partial charge in [-0.2, -0.15) is 8.42 Å². The lowest BCUT2D eigenvalue weighted by atomic mass is 9.95. The molecule has 3 rings (SSSR count). The van der Waals surface area contributed by atoms with Crippen molar-refractivity contribution in [1.29, 1.82) is 0 Å². The lowest BCUT2D eigenvalue weighted by molar-refractivity contribution is -0.293. The molecule has 0 bridgehead atoms. The van der Waals surface area contributed by atoms with Crippen LogP contribution in [0.2, 0.25) is 0 Å². The molecule has 10 heteroatoms. The van der Waals surface area contributed by atoms with Crippen LogP contribution in [0.5, 0.6) is 0 Å². The van der Waals surface area contributed by atoms with E-state index in [0.717, 1.165) is 0 Å². The fourth-order valence-corrected chi connectivity index (χ4v) is 4.32. The van der Waals surface area contributed by atoms with Gasteiger partial charge in [-0.1, -0.05) is 37.3 Å². The maximum absolute atomic E-state index is 11.2. The Balaban J connectivity index is 1.79. The Hall–Kier alpha value is -1.11. The molecule has 0 radical (unpaired) electrons. The van der Waals surface area contributed by atoms with Crippen molar-refractivity contribution in [3.05, 3.63) is 35.9 Å². The Bertz CT molecular complexity index is 741. The molecule has 158 valence electrons. The second-order valence-corrected chi connectivity index (χ2v) is 8.56. The van der Waals surface area contributed by atoms with Crippen molar-refractivity contribution in [3.63, 3.8) is 0 Å². The summed E-state index contributed by atoms with van der Waals surface area (Å²) >= 11 is 0. The molecule has 1 aliphatic heterocycles. The van der Waals surface area contributed by atoms with E-state index in [1.165, 1.54) is 0 Å². The van der Waals surface area contributed by atoms with Gasteiger partial charge in [0.25, 0.3) is 0 Å². The van der Waals surface area contributed by atoms with Gasteiger partial charge in [0, 0.05) is 6.42 Å². The van der Waals surface area contributed by atoms with E-state index >= 15 is 0 Å². The molecule has 1 saturated carbocycles. The zero-order valence-corrected chi connectivity index (χ0v) is 16.2. The van der Waals surface area contributed by atoms with E-state index in [4.69, 9.17) is 14.0 Å². The zero-order chi connectivity index (χ0) is 20.5. The lowest BCUT2D eigenvalue weighted by Gasteiger charge is -2.41. The van der Waals surface area contributed by atoms with Gasteiger partial charge >= 0.3 is 10.4 Å². The van der Waals surface area contributed by atoms with Gasteiger partial charge in [0.15, 0.2) is 12.4 Å². The number of rotatable bonds is 6. The number of benzene rings is 1. The minimum atomic E-state index is -4.88. The van der Waals surface area contributed by atoms with Crippen LogP contribution in [0.15, 0.2) is 30.3 Å². The summed E-state index contributed by atoms with van der Waals surface area (Å²) in [5, 5.41) is 31.2. The third-order valence-electron chi connectivity index (χ3n) is 5.17. The van der Waals surface area contributed by atoms with Gasteiger partial charge in [0.1, 0.15) is 6.10 Å². The molecule has 28 heavy (non-hydrogen) atoms. The lowest BCUT2D eigenvalue weighted by Crippen LogP contribution is -2.54. The summed E-state index contributed by atoms with van der Waals surface area (Å²) < 4.78 is 47.5. The average molecular weight is 418 g/mol. The highest BCUT2D eigenvalue weighted by Gasteiger charge is 2.46. The third kappa shape index (κ3) is 5.28. The molecule has 0 spiro atoms. The molecule has 8 unspecified atom stereocenters. The van der Waals surface area contributed by atoms with Crippen molar-refractivity contribution in [2.24, 2.45) is 5.92 Å². The Morgan fingerprint density at radius 2 is 1.79 bits per heavy atom. The summed E-state index contributed by atoms with van der Waals surface area (Å²) in [4.78, 5) is 0. The highest BCUT2D eigenvalue weighted by molar-refractivity contribution is 7.80. The van der Waals surface area contributed by atoms with Crippen LogP contribution in [-0.2, 0) is 24.1 Å². The van der Waals surface area contributed by atoms with Gasteiger partial charge in [-0.05, 0) is 24.3 Å². The molecule has 2 fully saturated rings. The Kier molecular flexibility index (Phi) is 6.72. The standard InChI is InChI=1S/C18H26O9S/c1-10-7-12(19)14(8-10)25-18-17(27-28(22,23)24)13(20)9-15(26-18)16(21)11-5-3-2-4-6-11/h2-6,10,12-21H,7-9H2,1H3,(H,22,23,24). The van der Waals surface area contributed by atoms with E-state index in [9.17, 15) is 23.7 Å². The van der Waals surface area contributed by atoms with Crippen molar-refractivity contribution >= 4 is 10.4 Å². The Labute approximate surface area is 163 Å². The Morgan fingerprint density at radius 1 is 1.11 bits per heavy atom. The van der Waals surface area contributed by atoms with Gasteiger partial charge in [-0.25, -0.2) is 4.18 Å². The quantitative estimate of drug-likeness (QED) is 0.487. The molecule has 2 aliphatic rings. The number of aliphatic hydroxyl groups excluding tert-OH is 3. The third-order valence-corrected chi connectivity index (χ3v) is 5.64. The molecule has 8 atom stereocenters. The monoisotopic (exact) mass is 418 g/mol. The number of hydrogen-bond acceptors (Lipinski definition) is 8. The molecule has 4 N–H and O–H groups in total. The van der Waals surface area contributed by atoms with Gasteiger partial charge in [-0.15, -0.1) is 0 Å². The normalized spacial score (nSPS) is 37.7. The predicted octanol–water partition coefficient (Wildman–Crippen LogP) is 0.560. The largest absolute Gasteiger partial charge is 0.397 e. The van der Waals surface area contributed by atoms with Crippen molar-refractivity contribution in [3.8, 4) is 0 Å². The van der Waals surface area contributed by atoms with Crippen LogP contribution in [0, 0.1) is 5.92 Å². The number of hydrogen-bond donors (Lipinski definition) is 4. The molecule has 9 nitrogen and oxygen atoms in total. The van der Waals surface area contributed by atoms with Gasteiger partial charge in [0.05, 0.1) is 24.4 Å². The first-order valence-electron chi connectivity index (χ1n) is 9.20. The highest BCUT2D eigenvalue weighted by atomic mass is 32.3. The molecule has 1 saturated heterocycles. The summed E-state index contributed by atoms with van der Waals surface area (Å²) in [6.45, 7) is 1.94. The molecule has 1 heterocycles. The summed E-state index contributed by atoms with van der Waals surface area (Å²) in [6, 6.07) is 8.66. The molecule has 1 aromatic carbocycles. The van der Waals surface area contributed by atoms with Crippen LogP contribution in [0.25, 0.3) is 0 Å². The summed E-state index contributed by atoms with van der Waals surface area (Å²) in [6.07, 6.45) is -6.85. The van der Waals surface area contributed by atoms with Crippen LogP contribution in [0.1, 0.15) is 37.9 Å². The predicted molar refractivity (Wildman–Crippen MR) is 96.4 cm³/mol. The van der Waals surface area contributed by atoms with E-state index in [1.54, 1.807) is 30.3 Å². The smallest absolute Gasteiger partial charge is 0.390 e. The van der Waals surface area contributed by atoms with Crippen molar-refractivity contribution in [2.45, 2.75) is 69.1 Å². The topological polar surface area (TPSA) is 143 Å². The van der Waals surface area contributed by atoms with Gasteiger partial charge in [0.2, 0.25) is 0 Å². The van der Waals surface area contributed by atoms with E-state index in [2.05, 4.69) is 4.18 Å². The summed E-state index contributed by atoms with van der Waals surface area (Å²) in [7, 11) is -4.88. The van der Waals surface area contributed by atoms with E-state index in [-0.39, 0.29) is 12.3 Å². The van der Waals surface area contributed by atoms with Crippen molar-refractivity contribution < 1.29 is 41.9 Å². The molecule has 0 aromatic heterocycles.